The van der Waals surface area contributed by atoms with Crippen LogP contribution in [0.15, 0.2) is 48.7 Å². The second kappa shape index (κ2) is 7.46. The highest BCUT2D eigenvalue weighted by atomic mass is 16.2. The maximum absolute atomic E-state index is 13.2. The van der Waals surface area contributed by atoms with E-state index in [2.05, 4.69) is 29.4 Å². The monoisotopic (exact) mass is 376 g/mol. The van der Waals surface area contributed by atoms with Crippen molar-refractivity contribution in [2.75, 3.05) is 18.4 Å². The van der Waals surface area contributed by atoms with Crippen molar-refractivity contribution in [3.63, 3.8) is 0 Å². The number of H-pyrrole nitrogens is 1. The number of piperidine rings is 1. The summed E-state index contributed by atoms with van der Waals surface area (Å²) in [7, 11) is 0. The van der Waals surface area contributed by atoms with E-state index in [9.17, 15) is 9.59 Å². The number of para-hydroxylation sites is 2. The number of aromatic nitrogens is 2. The molecule has 1 aliphatic rings. The molecule has 3 aromatic rings. The number of rotatable bonds is 3. The van der Waals surface area contributed by atoms with Gasteiger partial charge < -0.3 is 10.2 Å². The molecule has 144 valence electrons. The van der Waals surface area contributed by atoms with Crippen LogP contribution >= 0.6 is 0 Å². The van der Waals surface area contributed by atoms with E-state index < -0.39 is 0 Å². The Hall–Kier alpha value is -3.15. The van der Waals surface area contributed by atoms with E-state index in [1.54, 1.807) is 24.4 Å². The highest BCUT2D eigenvalue weighted by Gasteiger charge is 2.27. The van der Waals surface area contributed by atoms with E-state index in [4.69, 9.17) is 0 Å². The van der Waals surface area contributed by atoms with E-state index in [-0.39, 0.29) is 11.8 Å². The third-order valence-corrected chi connectivity index (χ3v) is 5.28. The maximum atomic E-state index is 13.2. The molecule has 0 radical (unpaired) electrons. The number of hydrogen-bond acceptors (Lipinski definition) is 3. The molecule has 2 aromatic carbocycles. The zero-order valence-corrected chi connectivity index (χ0v) is 16.1. The molecular weight excluding hydrogens is 352 g/mol. The Morgan fingerprint density at radius 2 is 1.75 bits per heavy atom. The molecule has 2 heterocycles. The first-order valence-corrected chi connectivity index (χ1v) is 9.64. The van der Waals surface area contributed by atoms with Gasteiger partial charge in [-0.15, -0.1) is 0 Å². The van der Waals surface area contributed by atoms with Crippen LogP contribution in [0.5, 0.6) is 0 Å². The van der Waals surface area contributed by atoms with Crippen molar-refractivity contribution < 1.29 is 9.59 Å². The molecule has 0 spiro atoms. The Kier molecular flexibility index (Phi) is 4.86. The van der Waals surface area contributed by atoms with Gasteiger partial charge in [-0.25, -0.2) is 0 Å². The van der Waals surface area contributed by atoms with Crippen molar-refractivity contribution in [1.82, 2.24) is 15.1 Å². The smallest absolute Gasteiger partial charge is 0.257 e. The molecule has 0 saturated carbocycles. The van der Waals surface area contributed by atoms with Crippen LogP contribution in [0.1, 0.15) is 41.0 Å². The summed E-state index contributed by atoms with van der Waals surface area (Å²) in [5.74, 6) is 0.657. The van der Waals surface area contributed by atoms with Gasteiger partial charge in [-0.3, -0.25) is 14.7 Å². The third-order valence-electron chi connectivity index (χ3n) is 5.28. The lowest BCUT2D eigenvalue weighted by molar-refractivity contribution is 0.0624. The molecule has 1 aliphatic heterocycles. The number of aromatic amines is 1. The molecule has 1 saturated heterocycles. The minimum absolute atomic E-state index is 0.0333. The molecule has 28 heavy (non-hydrogen) atoms. The Morgan fingerprint density at radius 1 is 1.04 bits per heavy atom. The van der Waals surface area contributed by atoms with Crippen molar-refractivity contribution in [3.8, 4) is 0 Å². The van der Waals surface area contributed by atoms with Gasteiger partial charge in [0.1, 0.15) is 0 Å². The van der Waals surface area contributed by atoms with Crippen LogP contribution in [0.4, 0.5) is 5.69 Å². The van der Waals surface area contributed by atoms with Crippen LogP contribution in [-0.2, 0) is 0 Å². The minimum Gasteiger partial charge on any atom is -0.338 e. The first-order chi connectivity index (χ1) is 13.5. The van der Waals surface area contributed by atoms with Crippen LogP contribution in [0, 0.1) is 11.8 Å². The molecule has 2 atom stereocenters. The molecule has 0 aliphatic carbocycles. The van der Waals surface area contributed by atoms with Gasteiger partial charge in [0.15, 0.2) is 0 Å². The summed E-state index contributed by atoms with van der Waals surface area (Å²) >= 11 is 0. The third kappa shape index (κ3) is 3.50. The molecule has 2 amide bonds. The van der Waals surface area contributed by atoms with Crippen LogP contribution in [0.25, 0.3) is 10.9 Å². The summed E-state index contributed by atoms with van der Waals surface area (Å²) in [5.41, 5.74) is 2.23. The Balaban J connectivity index is 1.60. The number of fused-ring (bicyclic) bond motifs is 1. The van der Waals surface area contributed by atoms with Crippen LogP contribution in [0.3, 0.4) is 0 Å². The number of anilines is 1. The SMILES string of the molecule is C[C@H]1C[C@H](C)CN(C(=O)c2ccccc2NC(=O)c2cccc3cn[nH]c23)C1. The molecule has 0 unspecified atom stereocenters. The summed E-state index contributed by atoms with van der Waals surface area (Å²) in [6.07, 6.45) is 2.82. The van der Waals surface area contributed by atoms with E-state index >= 15 is 0 Å². The number of benzene rings is 2. The number of carbonyl (C=O) groups is 2. The van der Waals surface area contributed by atoms with Gasteiger partial charge in [0.25, 0.3) is 11.8 Å². The summed E-state index contributed by atoms with van der Waals surface area (Å²) in [4.78, 5) is 28.0. The number of amides is 2. The van der Waals surface area contributed by atoms with Crippen LogP contribution in [0.2, 0.25) is 0 Å². The van der Waals surface area contributed by atoms with Gasteiger partial charge >= 0.3 is 0 Å². The van der Waals surface area contributed by atoms with Crippen LogP contribution < -0.4 is 5.32 Å². The Bertz CT molecular complexity index is 1020. The number of likely N-dealkylation sites (tertiary alicyclic amines) is 1. The summed E-state index contributed by atoms with van der Waals surface area (Å²) < 4.78 is 0. The number of nitrogens with zero attached hydrogens (tertiary/aromatic N) is 2. The highest BCUT2D eigenvalue weighted by molar-refractivity contribution is 6.14. The van der Waals surface area contributed by atoms with Gasteiger partial charge in [-0.2, -0.15) is 5.10 Å². The quantitative estimate of drug-likeness (QED) is 0.727. The van der Waals surface area contributed by atoms with Crippen molar-refractivity contribution in [1.29, 1.82) is 0 Å². The van der Waals surface area contributed by atoms with E-state index in [0.717, 1.165) is 24.9 Å². The summed E-state index contributed by atoms with van der Waals surface area (Å²) in [5, 5.41) is 10.7. The average molecular weight is 376 g/mol. The zero-order chi connectivity index (χ0) is 19.7. The zero-order valence-electron chi connectivity index (χ0n) is 16.1. The normalized spacial score (nSPS) is 19.6. The molecule has 2 N–H and O–H groups in total. The van der Waals surface area contributed by atoms with Gasteiger partial charge in [-0.05, 0) is 36.5 Å². The van der Waals surface area contributed by atoms with Gasteiger partial charge in [0.2, 0.25) is 0 Å². The second-order valence-corrected chi connectivity index (χ2v) is 7.80. The number of nitrogens with one attached hydrogen (secondary N) is 2. The Morgan fingerprint density at radius 3 is 2.54 bits per heavy atom. The molecule has 1 aromatic heterocycles. The van der Waals surface area contributed by atoms with Crippen molar-refractivity contribution >= 4 is 28.4 Å². The largest absolute Gasteiger partial charge is 0.338 e. The number of hydrogen-bond donors (Lipinski definition) is 2. The molecular formula is C22H24N4O2. The molecule has 0 bridgehead atoms. The maximum Gasteiger partial charge on any atom is 0.257 e. The lowest BCUT2D eigenvalue weighted by Crippen LogP contribution is -2.42. The fourth-order valence-corrected chi connectivity index (χ4v) is 4.13. The lowest BCUT2D eigenvalue weighted by atomic mass is 9.91. The molecule has 6 nitrogen and oxygen atoms in total. The Labute approximate surface area is 163 Å². The molecule has 4 rings (SSSR count). The van der Waals surface area contributed by atoms with Gasteiger partial charge in [0, 0.05) is 18.5 Å². The van der Waals surface area contributed by atoms with E-state index in [1.165, 1.54) is 0 Å². The first-order valence-electron chi connectivity index (χ1n) is 9.64. The predicted octanol–water partition coefficient (Wildman–Crippen LogP) is 3.93. The van der Waals surface area contributed by atoms with E-state index in [1.807, 2.05) is 29.2 Å². The fraction of sp³-hybridized carbons (Fsp3) is 0.318. The summed E-state index contributed by atoms with van der Waals surface area (Å²) in [6.45, 7) is 5.85. The van der Waals surface area contributed by atoms with Crippen molar-refractivity contribution in [3.05, 3.63) is 59.8 Å². The predicted molar refractivity (Wildman–Crippen MR) is 109 cm³/mol. The van der Waals surface area contributed by atoms with Crippen molar-refractivity contribution in [2.24, 2.45) is 11.8 Å². The second-order valence-electron chi connectivity index (χ2n) is 7.80. The molecule has 1 fully saturated rings. The average Bonchev–Trinajstić information content (AvgIpc) is 3.16. The number of carbonyl (C=O) groups excluding carboxylic acids is 2. The topological polar surface area (TPSA) is 78.1 Å². The molecule has 6 heteroatoms. The van der Waals surface area contributed by atoms with E-state index in [0.29, 0.717) is 34.2 Å². The van der Waals surface area contributed by atoms with Gasteiger partial charge in [-0.1, -0.05) is 38.1 Å². The summed E-state index contributed by atoms with van der Waals surface area (Å²) in [6, 6.07) is 12.7. The van der Waals surface area contributed by atoms with Crippen molar-refractivity contribution in [2.45, 2.75) is 20.3 Å². The standard InChI is InChI=1S/C22H24N4O2/c1-14-10-15(2)13-26(12-14)22(28)17-7-3-4-9-19(17)24-21(27)18-8-5-6-16-11-23-25-20(16)18/h3-9,11,14-15H,10,12-13H2,1-2H3,(H,23,25)(H,24,27)/t14-,15-/m0/s1. The highest BCUT2D eigenvalue weighted by Crippen LogP contribution is 2.25. The van der Waals surface area contributed by atoms with Gasteiger partial charge in [0.05, 0.1) is 28.5 Å². The first kappa shape index (κ1) is 18.2. The fourth-order valence-electron chi connectivity index (χ4n) is 4.13. The minimum atomic E-state index is -0.268. The van der Waals surface area contributed by atoms with Crippen LogP contribution in [-0.4, -0.2) is 40.0 Å². The lowest BCUT2D eigenvalue weighted by Gasteiger charge is -2.35.